The monoisotopic (exact) mass is 170 g/mol. The van der Waals surface area contributed by atoms with Crippen LogP contribution in [0.15, 0.2) is 12.7 Å². The molecule has 0 saturated carbocycles. The fourth-order valence-corrected chi connectivity index (χ4v) is 2.46. The smallest absolute Gasteiger partial charge is 0.146 e. The summed E-state index contributed by atoms with van der Waals surface area (Å²) in [5.74, 6) is 1.57. The zero-order valence-corrected chi connectivity index (χ0v) is 7.53. The summed E-state index contributed by atoms with van der Waals surface area (Å²) in [5, 5.41) is 0.218. The Morgan fingerprint density at radius 3 is 3.18 bits per heavy atom. The van der Waals surface area contributed by atoms with Gasteiger partial charge in [0.15, 0.2) is 0 Å². The van der Waals surface area contributed by atoms with Gasteiger partial charge >= 0.3 is 0 Å². The van der Waals surface area contributed by atoms with Crippen LogP contribution in [0.5, 0.6) is 0 Å². The van der Waals surface area contributed by atoms with Crippen molar-refractivity contribution < 1.29 is 4.79 Å². The quantitative estimate of drug-likeness (QED) is 0.592. The van der Waals surface area contributed by atoms with Crippen LogP contribution in [0.3, 0.4) is 0 Å². The molecule has 1 heterocycles. The van der Waals surface area contributed by atoms with Gasteiger partial charge in [-0.2, -0.15) is 11.8 Å². The highest BCUT2D eigenvalue weighted by molar-refractivity contribution is 8.00. The van der Waals surface area contributed by atoms with Gasteiger partial charge < -0.3 is 0 Å². The number of hydrogen-bond donors (Lipinski definition) is 0. The number of rotatable bonds is 2. The molecule has 1 saturated heterocycles. The maximum absolute atomic E-state index is 11.3. The second-order valence-electron chi connectivity index (χ2n) is 2.81. The molecule has 0 radical (unpaired) electrons. The van der Waals surface area contributed by atoms with E-state index < -0.39 is 0 Å². The molecular weight excluding hydrogens is 156 g/mol. The van der Waals surface area contributed by atoms with E-state index in [4.69, 9.17) is 0 Å². The van der Waals surface area contributed by atoms with E-state index in [1.807, 2.05) is 6.08 Å². The van der Waals surface area contributed by atoms with E-state index in [1.54, 1.807) is 11.8 Å². The van der Waals surface area contributed by atoms with Crippen molar-refractivity contribution in [2.45, 2.75) is 30.9 Å². The Morgan fingerprint density at radius 1 is 1.64 bits per heavy atom. The molecular formula is C9H14OS. The fourth-order valence-electron chi connectivity index (χ4n) is 1.23. The van der Waals surface area contributed by atoms with Gasteiger partial charge in [0.25, 0.3) is 0 Å². The summed E-state index contributed by atoms with van der Waals surface area (Å²) in [6, 6.07) is 0. The molecule has 2 heteroatoms. The maximum atomic E-state index is 11.3. The normalized spacial score (nSPS) is 26.2. The van der Waals surface area contributed by atoms with Crippen LogP contribution in [-0.4, -0.2) is 16.8 Å². The topological polar surface area (TPSA) is 17.1 Å². The molecule has 11 heavy (non-hydrogen) atoms. The van der Waals surface area contributed by atoms with Gasteiger partial charge in [-0.15, -0.1) is 6.58 Å². The van der Waals surface area contributed by atoms with E-state index in [1.165, 1.54) is 6.42 Å². The maximum Gasteiger partial charge on any atom is 0.146 e. The van der Waals surface area contributed by atoms with Gasteiger partial charge in [0, 0.05) is 6.42 Å². The number of ketones is 1. The minimum absolute atomic E-state index is 0.218. The van der Waals surface area contributed by atoms with Crippen molar-refractivity contribution in [3.8, 4) is 0 Å². The van der Waals surface area contributed by atoms with Crippen molar-refractivity contribution in [1.82, 2.24) is 0 Å². The summed E-state index contributed by atoms with van der Waals surface area (Å²) in [6.07, 6.45) is 5.76. The van der Waals surface area contributed by atoms with E-state index in [2.05, 4.69) is 6.58 Å². The number of thioether (sulfide) groups is 1. The Balaban J connectivity index is 2.45. The van der Waals surface area contributed by atoms with Crippen LogP contribution < -0.4 is 0 Å². The molecule has 0 N–H and O–H groups in total. The molecule has 0 spiro atoms. The standard InChI is InChI=1S/C9H14OS/c1-2-5-9-8(10)6-3-4-7-11-9/h2,9H,1,3-7H2. The summed E-state index contributed by atoms with van der Waals surface area (Å²) in [4.78, 5) is 11.3. The highest BCUT2D eigenvalue weighted by atomic mass is 32.2. The minimum Gasteiger partial charge on any atom is -0.298 e. The molecule has 0 amide bonds. The lowest BCUT2D eigenvalue weighted by atomic mass is 10.1. The number of carbonyl (C=O) groups is 1. The van der Waals surface area contributed by atoms with Crippen molar-refractivity contribution in [3.05, 3.63) is 12.7 Å². The highest BCUT2D eigenvalue weighted by Gasteiger charge is 2.19. The van der Waals surface area contributed by atoms with Crippen LogP contribution >= 0.6 is 11.8 Å². The van der Waals surface area contributed by atoms with Crippen LogP contribution in [-0.2, 0) is 4.79 Å². The first-order chi connectivity index (χ1) is 5.34. The predicted molar refractivity (Wildman–Crippen MR) is 49.9 cm³/mol. The first kappa shape index (κ1) is 8.85. The second-order valence-corrected chi connectivity index (χ2v) is 4.12. The first-order valence-electron chi connectivity index (χ1n) is 4.10. The molecule has 1 aliphatic rings. The zero-order valence-electron chi connectivity index (χ0n) is 6.71. The molecule has 62 valence electrons. The number of hydrogen-bond acceptors (Lipinski definition) is 2. The third-order valence-corrected chi connectivity index (χ3v) is 3.26. The van der Waals surface area contributed by atoms with Crippen molar-refractivity contribution in [3.63, 3.8) is 0 Å². The van der Waals surface area contributed by atoms with Crippen molar-refractivity contribution in [1.29, 1.82) is 0 Å². The number of allylic oxidation sites excluding steroid dienone is 1. The lowest BCUT2D eigenvalue weighted by Gasteiger charge is -2.08. The van der Waals surface area contributed by atoms with Crippen LogP contribution in [0.1, 0.15) is 25.7 Å². The van der Waals surface area contributed by atoms with Crippen LogP contribution in [0, 0.1) is 0 Å². The third kappa shape index (κ3) is 2.70. The van der Waals surface area contributed by atoms with E-state index in [0.717, 1.165) is 25.0 Å². The fraction of sp³-hybridized carbons (Fsp3) is 0.667. The average Bonchev–Trinajstić information content (AvgIpc) is 2.18. The summed E-state index contributed by atoms with van der Waals surface area (Å²) in [6.45, 7) is 3.65. The molecule has 0 bridgehead atoms. The van der Waals surface area contributed by atoms with Gasteiger partial charge in [0.05, 0.1) is 5.25 Å². The summed E-state index contributed by atoms with van der Waals surface area (Å²) in [5.41, 5.74) is 0. The predicted octanol–water partition coefficient (Wildman–Crippen LogP) is 2.42. The van der Waals surface area contributed by atoms with Crippen molar-refractivity contribution in [2.24, 2.45) is 0 Å². The molecule has 1 aliphatic heterocycles. The second kappa shape index (κ2) is 4.60. The Labute approximate surface area is 72.2 Å². The van der Waals surface area contributed by atoms with Crippen LogP contribution in [0.2, 0.25) is 0 Å². The SMILES string of the molecule is C=CCC1SCCCCC1=O. The molecule has 1 fully saturated rings. The number of carbonyl (C=O) groups excluding carboxylic acids is 1. The molecule has 0 aromatic heterocycles. The zero-order chi connectivity index (χ0) is 8.10. The van der Waals surface area contributed by atoms with E-state index in [-0.39, 0.29) is 5.25 Å². The Kier molecular flexibility index (Phi) is 3.70. The molecule has 1 unspecified atom stereocenters. The van der Waals surface area contributed by atoms with E-state index in [0.29, 0.717) is 5.78 Å². The van der Waals surface area contributed by atoms with Crippen molar-refractivity contribution in [2.75, 3.05) is 5.75 Å². The Morgan fingerprint density at radius 2 is 2.45 bits per heavy atom. The summed E-state index contributed by atoms with van der Waals surface area (Å²) < 4.78 is 0. The van der Waals surface area contributed by atoms with Gasteiger partial charge in [-0.25, -0.2) is 0 Å². The first-order valence-corrected chi connectivity index (χ1v) is 5.14. The molecule has 1 nitrogen and oxygen atoms in total. The molecule has 0 aromatic rings. The van der Waals surface area contributed by atoms with Crippen molar-refractivity contribution >= 4 is 17.5 Å². The molecule has 1 rings (SSSR count). The van der Waals surface area contributed by atoms with Gasteiger partial charge in [-0.1, -0.05) is 6.08 Å². The lowest BCUT2D eigenvalue weighted by Crippen LogP contribution is -2.14. The largest absolute Gasteiger partial charge is 0.298 e. The highest BCUT2D eigenvalue weighted by Crippen LogP contribution is 2.23. The minimum atomic E-state index is 0.218. The van der Waals surface area contributed by atoms with E-state index >= 15 is 0 Å². The molecule has 1 atom stereocenters. The lowest BCUT2D eigenvalue weighted by molar-refractivity contribution is -0.118. The molecule has 0 aromatic carbocycles. The summed E-state index contributed by atoms with van der Waals surface area (Å²) in [7, 11) is 0. The Hall–Kier alpha value is -0.240. The number of Topliss-reactive ketones (excluding diaryl/α,β-unsaturated/α-hetero) is 1. The van der Waals surface area contributed by atoms with Gasteiger partial charge in [-0.05, 0) is 25.0 Å². The summed E-state index contributed by atoms with van der Waals surface area (Å²) >= 11 is 1.80. The average molecular weight is 170 g/mol. The third-order valence-electron chi connectivity index (χ3n) is 1.88. The van der Waals surface area contributed by atoms with Gasteiger partial charge in [-0.3, -0.25) is 4.79 Å². The molecule has 0 aliphatic carbocycles. The van der Waals surface area contributed by atoms with Crippen LogP contribution in [0.4, 0.5) is 0 Å². The van der Waals surface area contributed by atoms with Gasteiger partial charge in [0.2, 0.25) is 0 Å². The Bertz CT molecular complexity index is 154. The van der Waals surface area contributed by atoms with Gasteiger partial charge in [0.1, 0.15) is 5.78 Å². The van der Waals surface area contributed by atoms with E-state index in [9.17, 15) is 4.79 Å². The van der Waals surface area contributed by atoms with Crippen LogP contribution in [0.25, 0.3) is 0 Å².